The number of rotatable bonds is 2. The Morgan fingerprint density at radius 2 is 1.83 bits per heavy atom. The van der Waals surface area contributed by atoms with Gasteiger partial charge in [0.1, 0.15) is 0 Å². The van der Waals surface area contributed by atoms with E-state index >= 15 is 0 Å². The quantitative estimate of drug-likeness (QED) is 0.737. The minimum atomic E-state index is 0. The zero-order valence-electron chi connectivity index (χ0n) is 17.3. The molecule has 3 aliphatic rings. The molecule has 0 unspecified atom stereocenters. The van der Waals surface area contributed by atoms with Gasteiger partial charge >= 0.3 is 0 Å². The molecule has 1 saturated carbocycles. The normalized spacial score (nSPS) is 20.4. The lowest BCUT2D eigenvalue weighted by molar-refractivity contribution is 0.0609. The molecule has 2 aliphatic heterocycles. The van der Waals surface area contributed by atoms with Crippen LogP contribution in [0, 0.1) is 19.3 Å². The zero-order valence-corrected chi connectivity index (χ0v) is 18.9. The number of hydrogen-bond acceptors (Lipinski definition) is 3. The summed E-state index contributed by atoms with van der Waals surface area (Å²) in [6.45, 7) is 8.24. The van der Waals surface area contributed by atoms with Gasteiger partial charge < -0.3 is 10.2 Å². The van der Waals surface area contributed by atoms with Gasteiger partial charge in [-0.25, -0.2) is 0 Å². The molecular weight excluding hydrogens is 405 g/mol. The molecule has 158 valence electrons. The van der Waals surface area contributed by atoms with Crippen LogP contribution in [-0.4, -0.2) is 42.0 Å². The molecule has 1 spiro atoms. The van der Waals surface area contributed by atoms with Crippen molar-refractivity contribution in [1.82, 2.24) is 15.2 Å². The van der Waals surface area contributed by atoms with Gasteiger partial charge in [-0.3, -0.25) is 9.78 Å². The Morgan fingerprint density at radius 3 is 2.45 bits per heavy atom. The molecular formula is C23H31Cl2N3O. The van der Waals surface area contributed by atoms with Crippen molar-refractivity contribution in [2.45, 2.75) is 51.9 Å². The third-order valence-corrected chi connectivity index (χ3v) is 6.94. The molecule has 3 fully saturated rings. The average Bonchev–Trinajstić information content (AvgIpc) is 3.42. The first-order chi connectivity index (χ1) is 13.0. The van der Waals surface area contributed by atoms with Crippen molar-refractivity contribution in [2.24, 2.45) is 5.41 Å². The van der Waals surface area contributed by atoms with Crippen LogP contribution < -0.4 is 5.32 Å². The molecule has 1 aromatic heterocycles. The number of carbonyl (C=O) groups is 1. The molecule has 2 saturated heterocycles. The van der Waals surface area contributed by atoms with Crippen LogP contribution in [0.2, 0.25) is 0 Å². The molecule has 1 amide bonds. The van der Waals surface area contributed by atoms with Crippen LogP contribution >= 0.6 is 24.8 Å². The summed E-state index contributed by atoms with van der Waals surface area (Å²) in [4.78, 5) is 20.6. The first kappa shape index (κ1) is 22.3. The van der Waals surface area contributed by atoms with Gasteiger partial charge in [0.25, 0.3) is 5.91 Å². The Kier molecular flexibility index (Phi) is 6.47. The number of hydrogen-bond donors (Lipinski definition) is 1. The number of benzene rings is 1. The maximum Gasteiger partial charge on any atom is 0.254 e. The van der Waals surface area contributed by atoms with E-state index in [2.05, 4.69) is 42.3 Å². The third-order valence-electron chi connectivity index (χ3n) is 6.94. The van der Waals surface area contributed by atoms with E-state index in [1.165, 1.54) is 30.4 Å². The van der Waals surface area contributed by atoms with Gasteiger partial charge in [-0.15, -0.1) is 24.8 Å². The first-order valence-electron chi connectivity index (χ1n) is 10.5. The van der Waals surface area contributed by atoms with Crippen molar-refractivity contribution in [3.8, 4) is 0 Å². The van der Waals surface area contributed by atoms with Gasteiger partial charge in [0.05, 0.1) is 11.1 Å². The number of fused-ring (bicyclic) bond motifs is 1. The fourth-order valence-electron chi connectivity index (χ4n) is 5.04. The van der Waals surface area contributed by atoms with Gasteiger partial charge in [0.2, 0.25) is 0 Å². The second-order valence-corrected chi connectivity index (χ2v) is 9.07. The molecule has 2 aromatic rings. The Bertz CT molecular complexity index is 910. The lowest BCUT2D eigenvalue weighted by Crippen LogP contribution is -2.44. The fraction of sp³-hybridized carbons (Fsp3) is 0.565. The molecule has 0 atom stereocenters. The van der Waals surface area contributed by atoms with E-state index in [0.717, 1.165) is 61.2 Å². The Hall–Kier alpha value is -1.36. The SMILES string of the molecule is Cc1cc(C)c2nc(C3CC3)cc(C(=O)N3CCC4(CCNC4)CC3)c2c1.Cl.Cl. The van der Waals surface area contributed by atoms with Gasteiger partial charge in [-0.2, -0.15) is 0 Å². The summed E-state index contributed by atoms with van der Waals surface area (Å²) in [5.74, 6) is 0.756. The number of carbonyl (C=O) groups excluding carboxylic acids is 1. The predicted molar refractivity (Wildman–Crippen MR) is 123 cm³/mol. The molecule has 5 rings (SSSR count). The summed E-state index contributed by atoms with van der Waals surface area (Å²) in [7, 11) is 0. The molecule has 1 aliphatic carbocycles. The highest BCUT2D eigenvalue weighted by atomic mass is 35.5. The lowest BCUT2D eigenvalue weighted by atomic mass is 9.77. The second-order valence-electron chi connectivity index (χ2n) is 9.07. The summed E-state index contributed by atoms with van der Waals surface area (Å²) in [6, 6.07) is 6.42. The first-order valence-corrected chi connectivity index (χ1v) is 10.5. The van der Waals surface area contributed by atoms with Crippen LogP contribution in [0.3, 0.4) is 0 Å². The highest BCUT2D eigenvalue weighted by Crippen LogP contribution is 2.41. The smallest absolute Gasteiger partial charge is 0.254 e. The standard InChI is InChI=1S/C23H29N3O.2ClH/c1-15-11-16(2)21-18(12-15)19(13-20(25-21)17-3-4-17)22(27)26-9-6-23(7-10-26)5-8-24-14-23;;/h11-13,17,24H,3-10,14H2,1-2H3;2*1H. The second kappa shape index (κ2) is 8.41. The van der Waals surface area contributed by atoms with Crippen LogP contribution in [0.1, 0.15) is 65.2 Å². The zero-order chi connectivity index (χ0) is 18.6. The third kappa shape index (κ3) is 4.12. The van der Waals surface area contributed by atoms with E-state index in [1.807, 2.05) is 0 Å². The molecule has 1 N–H and O–H groups in total. The van der Waals surface area contributed by atoms with Gasteiger partial charge in [-0.1, -0.05) is 11.6 Å². The number of pyridine rings is 1. The Morgan fingerprint density at radius 1 is 1.10 bits per heavy atom. The number of aromatic nitrogens is 1. The number of halogens is 2. The number of aryl methyl sites for hydroxylation is 2. The van der Waals surface area contributed by atoms with Crippen LogP contribution in [0.5, 0.6) is 0 Å². The van der Waals surface area contributed by atoms with Crippen LogP contribution in [0.25, 0.3) is 10.9 Å². The van der Waals surface area contributed by atoms with E-state index in [-0.39, 0.29) is 30.7 Å². The summed E-state index contributed by atoms with van der Waals surface area (Å²) < 4.78 is 0. The van der Waals surface area contributed by atoms with Crippen molar-refractivity contribution < 1.29 is 4.79 Å². The topological polar surface area (TPSA) is 45.2 Å². The molecule has 4 nitrogen and oxygen atoms in total. The lowest BCUT2D eigenvalue weighted by Gasteiger charge is -2.39. The van der Waals surface area contributed by atoms with Crippen molar-refractivity contribution in [3.05, 3.63) is 40.6 Å². The van der Waals surface area contributed by atoms with Crippen molar-refractivity contribution in [1.29, 1.82) is 0 Å². The maximum atomic E-state index is 13.5. The van der Waals surface area contributed by atoms with Crippen molar-refractivity contribution in [2.75, 3.05) is 26.2 Å². The van der Waals surface area contributed by atoms with Gasteiger partial charge in [-0.05, 0) is 75.6 Å². The van der Waals surface area contributed by atoms with E-state index in [4.69, 9.17) is 4.98 Å². The monoisotopic (exact) mass is 435 g/mol. The van der Waals surface area contributed by atoms with Gasteiger partial charge in [0.15, 0.2) is 0 Å². The molecule has 0 radical (unpaired) electrons. The number of piperidine rings is 1. The molecule has 29 heavy (non-hydrogen) atoms. The summed E-state index contributed by atoms with van der Waals surface area (Å²) in [5, 5.41) is 4.54. The van der Waals surface area contributed by atoms with E-state index < -0.39 is 0 Å². The summed E-state index contributed by atoms with van der Waals surface area (Å²) in [6.07, 6.45) is 5.93. The van der Waals surface area contributed by atoms with Crippen LogP contribution in [0.15, 0.2) is 18.2 Å². The number of amides is 1. The van der Waals surface area contributed by atoms with E-state index in [1.54, 1.807) is 0 Å². The maximum absolute atomic E-state index is 13.5. The predicted octanol–water partition coefficient (Wildman–Crippen LogP) is 4.79. The van der Waals surface area contributed by atoms with E-state index in [0.29, 0.717) is 11.3 Å². The Labute approximate surface area is 185 Å². The highest BCUT2D eigenvalue weighted by Gasteiger charge is 2.38. The Balaban J connectivity index is 0.00000120. The van der Waals surface area contributed by atoms with Crippen LogP contribution in [0.4, 0.5) is 0 Å². The number of nitrogens with zero attached hydrogens (tertiary/aromatic N) is 2. The minimum absolute atomic E-state index is 0. The number of nitrogens with one attached hydrogen (secondary N) is 1. The summed E-state index contributed by atoms with van der Waals surface area (Å²) in [5.41, 5.74) is 5.81. The average molecular weight is 436 g/mol. The van der Waals surface area contributed by atoms with Crippen molar-refractivity contribution >= 4 is 41.6 Å². The number of likely N-dealkylation sites (tertiary alicyclic amines) is 1. The highest BCUT2D eigenvalue weighted by molar-refractivity contribution is 6.07. The molecule has 1 aromatic carbocycles. The molecule has 0 bridgehead atoms. The van der Waals surface area contributed by atoms with Crippen molar-refractivity contribution in [3.63, 3.8) is 0 Å². The molecule has 3 heterocycles. The largest absolute Gasteiger partial charge is 0.339 e. The van der Waals surface area contributed by atoms with Gasteiger partial charge in [0, 0.05) is 36.6 Å². The van der Waals surface area contributed by atoms with E-state index in [9.17, 15) is 4.79 Å². The van der Waals surface area contributed by atoms with Crippen LogP contribution in [-0.2, 0) is 0 Å². The fourth-order valence-corrected chi connectivity index (χ4v) is 5.04. The molecule has 6 heteroatoms. The minimum Gasteiger partial charge on any atom is -0.339 e. The summed E-state index contributed by atoms with van der Waals surface area (Å²) >= 11 is 0.